The van der Waals surface area contributed by atoms with Crippen LogP contribution in [0.4, 0.5) is 0 Å². The van der Waals surface area contributed by atoms with Gasteiger partial charge in [-0.15, -0.1) is 11.3 Å². The molecule has 3 nitrogen and oxygen atoms in total. The lowest BCUT2D eigenvalue weighted by molar-refractivity contribution is -0.118. The highest BCUT2D eigenvalue weighted by Crippen LogP contribution is 2.21. The predicted molar refractivity (Wildman–Crippen MR) is 85.5 cm³/mol. The third-order valence-electron chi connectivity index (χ3n) is 2.90. The molecule has 20 heavy (non-hydrogen) atoms. The molecule has 0 atom stereocenters. The number of benzene rings is 1. The maximum Gasteiger partial charge on any atom is 0.230 e. The van der Waals surface area contributed by atoms with Crippen molar-refractivity contribution >= 4 is 29.0 Å². The van der Waals surface area contributed by atoms with Crippen LogP contribution in [0, 0.1) is 13.8 Å². The standard InChI is InChI=1S/C15H18N2OS2/c1-11-5-3-4-6-13(11)7-8-16-14(18)10-20-15-17-12(2)9-19-15/h3-6,9H,7-8,10H2,1-2H3,(H,16,18). The Morgan fingerprint density at radius 2 is 2.15 bits per heavy atom. The van der Waals surface area contributed by atoms with Crippen LogP contribution in [0.25, 0.3) is 0 Å². The van der Waals surface area contributed by atoms with Crippen LogP contribution in [-0.2, 0) is 11.2 Å². The van der Waals surface area contributed by atoms with Crippen molar-refractivity contribution in [3.05, 3.63) is 46.5 Å². The lowest BCUT2D eigenvalue weighted by Crippen LogP contribution is -2.27. The van der Waals surface area contributed by atoms with E-state index in [9.17, 15) is 4.79 Å². The van der Waals surface area contributed by atoms with Gasteiger partial charge in [0.15, 0.2) is 4.34 Å². The van der Waals surface area contributed by atoms with E-state index in [1.165, 1.54) is 22.9 Å². The lowest BCUT2D eigenvalue weighted by Gasteiger charge is -2.06. The molecule has 2 rings (SSSR count). The number of amides is 1. The van der Waals surface area contributed by atoms with E-state index in [4.69, 9.17) is 0 Å². The van der Waals surface area contributed by atoms with Crippen molar-refractivity contribution in [1.29, 1.82) is 0 Å². The third-order valence-corrected chi connectivity index (χ3v) is 5.04. The maximum atomic E-state index is 11.7. The van der Waals surface area contributed by atoms with Crippen molar-refractivity contribution in [1.82, 2.24) is 10.3 Å². The molecule has 0 saturated heterocycles. The summed E-state index contributed by atoms with van der Waals surface area (Å²) in [4.78, 5) is 16.1. The zero-order valence-corrected chi connectivity index (χ0v) is 13.3. The molecule has 0 saturated carbocycles. The number of nitrogens with zero attached hydrogens (tertiary/aromatic N) is 1. The van der Waals surface area contributed by atoms with Gasteiger partial charge in [-0.25, -0.2) is 4.98 Å². The van der Waals surface area contributed by atoms with Crippen LogP contribution in [0.1, 0.15) is 16.8 Å². The highest BCUT2D eigenvalue weighted by atomic mass is 32.2. The normalized spacial score (nSPS) is 10.5. The van der Waals surface area contributed by atoms with E-state index in [1.807, 2.05) is 24.4 Å². The van der Waals surface area contributed by atoms with E-state index >= 15 is 0 Å². The van der Waals surface area contributed by atoms with Gasteiger partial charge in [0.1, 0.15) is 0 Å². The Morgan fingerprint density at radius 1 is 1.35 bits per heavy atom. The molecule has 0 fully saturated rings. The monoisotopic (exact) mass is 306 g/mol. The zero-order valence-electron chi connectivity index (χ0n) is 11.7. The van der Waals surface area contributed by atoms with Crippen molar-refractivity contribution in [2.75, 3.05) is 12.3 Å². The van der Waals surface area contributed by atoms with Gasteiger partial charge >= 0.3 is 0 Å². The fourth-order valence-electron chi connectivity index (χ4n) is 1.80. The molecule has 0 bridgehead atoms. The van der Waals surface area contributed by atoms with Crippen LogP contribution in [0.5, 0.6) is 0 Å². The average molecular weight is 306 g/mol. The molecule has 1 heterocycles. The third kappa shape index (κ3) is 4.65. The summed E-state index contributed by atoms with van der Waals surface area (Å²) >= 11 is 3.08. The van der Waals surface area contributed by atoms with Crippen molar-refractivity contribution in [2.45, 2.75) is 24.6 Å². The first kappa shape index (κ1) is 15.1. The molecule has 0 unspecified atom stereocenters. The molecule has 1 aromatic heterocycles. The number of rotatable bonds is 6. The Morgan fingerprint density at radius 3 is 2.85 bits per heavy atom. The van der Waals surface area contributed by atoms with E-state index in [1.54, 1.807) is 11.3 Å². The molecule has 0 aliphatic heterocycles. The highest BCUT2D eigenvalue weighted by molar-refractivity contribution is 8.01. The first-order chi connectivity index (χ1) is 9.65. The maximum absolute atomic E-state index is 11.7. The SMILES string of the molecule is Cc1csc(SCC(=O)NCCc2ccccc2C)n1. The average Bonchev–Trinajstić information content (AvgIpc) is 2.84. The first-order valence-electron chi connectivity index (χ1n) is 6.51. The zero-order chi connectivity index (χ0) is 14.4. The molecule has 1 aromatic carbocycles. The quantitative estimate of drug-likeness (QED) is 0.833. The summed E-state index contributed by atoms with van der Waals surface area (Å²) in [6.07, 6.45) is 0.874. The van der Waals surface area contributed by atoms with Gasteiger partial charge in [0, 0.05) is 17.6 Å². The van der Waals surface area contributed by atoms with Gasteiger partial charge in [-0.3, -0.25) is 4.79 Å². The van der Waals surface area contributed by atoms with E-state index in [2.05, 4.69) is 29.4 Å². The number of aryl methyl sites for hydroxylation is 2. The fraction of sp³-hybridized carbons (Fsp3) is 0.333. The Bertz CT molecular complexity index is 581. The minimum absolute atomic E-state index is 0.0661. The summed E-state index contributed by atoms with van der Waals surface area (Å²) in [6.45, 7) is 4.74. The van der Waals surface area contributed by atoms with Crippen LogP contribution in [0.3, 0.4) is 0 Å². The minimum Gasteiger partial charge on any atom is -0.355 e. The highest BCUT2D eigenvalue weighted by Gasteiger charge is 2.05. The molecule has 0 aliphatic carbocycles. The first-order valence-corrected chi connectivity index (χ1v) is 8.38. The van der Waals surface area contributed by atoms with E-state index in [-0.39, 0.29) is 5.91 Å². The summed E-state index contributed by atoms with van der Waals surface area (Å²) in [6, 6.07) is 8.27. The van der Waals surface area contributed by atoms with Crippen LogP contribution >= 0.6 is 23.1 Å². The van der Waals surface area contributed by atoms with E-state index < -0.39 is 0 Å². The summed E-state index contributed by atoms with van der Waals surface area (Å²) in [7, 11) is 0. The second-order valence-corrected chi connectivity index (χ2v) is 6.65. The topological polar surface area (TPSA) is 42.0 Å². The predicted octanol–water partition coefficient (Wildman–Crippen LogP) is 3.21. The summed E-state index contributed by atoms with van der Waals surface area (Å²) in [5.41, 5.74) is 3.57. The number of carbonyl (C=O) groups is 1. The number of hydrogen-bond donors (Lipinski definition) is 1. The van der Waals surface area contributed by atoms with Gasteiger partial charge in [0.2, 0.25) is 5.91 Å². The molecule has 0 spiro atoms. The molecular weight excluding hydrogens is 288 g/mol. The Balaban J connectivity index is 1.69. The molecule has 2 aromatic rings. The second-order valence-electron chi connectivity index (χ2n) is 4.57. The van der Waals surface area contributed by atoms with Crippen LogP contribution in [0.2, 0.25) is 0 Å². The molecular formula is C15H18N2OS2. The lowest BCUT2D eigenvalue weighted by atomic mass is 10.1. The van der Waals surface area contributed by atoms with Crippen LogP contribution in [-0.4, -0.2) is 23.2 Å². The van der Waals surface area contributed by atoms with Gasteiger partial charge < -0.3 is 5.32 Å². The molecule has 5 heteroatoms. The Kier molecular flexibility index (Phi) is 5.61. The largest absolute Gasteiger partial charge is 0.355 e. The van der Waals surface area contributed by atoms with Gasteiger partial charge in [-0.1, -0.05) is 36.0 Å². The second kappa shape index (κ2) is 7.45. The molecule has 0 aliphatic rings. The Hall–Kier alpha value is -1.33. The number of aromatic nitrogens is 1. The minimum atomic E-state index is 0.0661. The fourth-order valence-corrected chi connectivity index (χ4v) is 3.48. The van der Waals surface area contributed by atoms with E-state index in [0.717, 1.165) is 16.5 Å². The van der Waals surface area contributed by atoms with Gasteiger partial charge in [-0.05, 0) is 31.4 Å². The number of hydrogen-bond acceptors (Lipinski definition) is 4. The Labute approximate surface area is 127 Å². The molecule has 1 N–H and O–H groups in total. The number of thioether (sulfide) groups is 1. The molecule has 1 amide bonds. The summed E-state index contributed by atoms with van der Waals surface area (Å²) in [5.74, 6) is 0.497. The van der Waals surface area contributed by atoms with E-state index in [0.29, 0.717) is 12.3 Å². The molecule has 106 valence electrons. The number of thiazole rings is 1. The smallest absolute Gasteiger partial charge is 0.230 e. The van der Waals surface area contributed by atoms with Gasteiger partial charge in [0.25, 0.3) is 0 Å². The summed E-state index contributed by atoms with van der Waals surface area (Å²) < 4.78 is 0.955. The summed E-state index contributed by atoms with van der Waals surface area (Å²) in [5, 5.41) is 4.95. The van der Waals surface area contributed by atoms with Crippen molar-refractivity contribution in [2.24, 2.45) is 0 Å². The van der Waals surface area contributed by atoms with Gasteiger partial charge in [-0.2, -0.15) is 0 Å². The van der Waals surface area contributed by atoms with Crippen molar-refractivity contribution in [3.8, 4) is 0 Å². The van der Waals surface area contributed by atoms with Crippen LogP contribution < -0.4 is 5.32 Å². The number of nitrogens with one attached hydrogen (secondary N) is 1. The van der Waals surface area contributed by atoms with Crippen LogP contribution in [0.15, 0.2) is 34.0 Å². The number of carbonyl (C=O) groups excluding carboxylic acids is 1. The molecule has 0 radical (unpaired) electrons. The van der Waals surface area contributed by atoms with Crippen molar-refractivity contribution in [3.63, 3.8) is 0 Å². The van der Waals surface area contributed by atoms with Crippen molar-refractivity contribution < 1.29 is 4.79 Å². The van der Waals surface area contributed by atoms with Gasteiger partial charge in [0.05, 0.1) is 5.75 Å².